The highest BCUT2D eigenvalue weighted by molar-refractivity contribution is 7.45. The van der Waals surface area contributed by atoms with Gasteiger partial charge in [-0.05, 0) is 89.9 Å². The molecule has 2 atom stereocenters. The number of likely N-dealkylation sites (N-methyl/N-ethyl adjacent to an activating group) is 1. The number of phosphoric acid groups is 1. The molecule has 58 heavy (non-hydrogen) atoms. The standard InChI is InChI=1S/C48H82NO8P/c1-6-8-10-12-14-16-18-20-22-23-24-25-27-28-30-32-34-36-38-40-47(50)54-44-46(45-56-58(52,53)55-43-42-49(3,4)5)57-48(51)41-39-37-35-33-31-29-26-21-19-17-15-13-11-9-7-2/h8,10,14-17,20-22,24-26,28,30,46H,6-7,9,11-13,18-19,23,27,29,31-45H2,1-5H3/b10-8-,16-14-,17-15-,22-20-,25-24-,26-21-,30-28-/t46-/m1/s1. The lowest BCUT2D eigenvalue weighted by atomic mass is 10.1. The Bertz CT molecular complexity index is 1260. The van der Waals surface area contributed by atoms with Crippen molar-refractivity contribution in [3.63, 3.8) is 0 Å². The van der Waals surface area contributed by atoms with E-state index in [0.717, 1.165) is 89.9 Å². The molecule has 0 bridgehead atoms. The summed E-state index contributed by atoms with van der Waals surface area (Å²) in [7, 11) is 1.12. The van der Waals surface area contributed by atoms with Crippen LogP contribution in [-0.4, -0.2) is 70.0 Å². The van der Waals surface area contributed by atoms with Crippen LogP contribution in [0.3, 0.4) is 0 Å². The summed E-state index contributed by atoms with van der Waals surface area (Å²) in [6, 6.07) is 0. The lowest BCUT2D eigenvalue weighted by Crippen LogP contribution is -2.37. The van der Waals surface area contributed by atoms with E-state index >= 15 is 0 Å². The van der Waals surface area contributed by atoms with Gasteiger partial charge in [0.25, 0.3) is 7.82 Å². The van der Waals surface area contributed by atoms with E-state index in [9.17, 15) is 19.0 Å². The van der Waals surface area contributed by atoms with Gasteiger partial charge in [0.2, 0.25) is 0 Å². The summed E-state index contributed by atoms with van der Waals surface area (Å²) in [5, 5.41) is 0. The average molecular weight is 832 g/mol. The first-order valence-electron chi connectivity index (χ1n) is 22.3. The lowest BCUT2D eigenvalue weighted by Gasteiger charge is -2.28. The van der Waals surface area contributed by atoms with Crippen LogP contribution in [0.15, 0.2) is 85.1 Å². The number of rotatable bonds is 39. The van der Waals surface area contributed by atoms with Crippen molar-refractivity contribution in [2.24, 2.45) is 0 Å². The van der Waals surface area contributed by atoms with Crippen LogP contribution >= 0.6 is 7.82 Å². The van der Waals surface area contributed by atoms with E-state index in [0.29, 0.717) is 23.9 Å². The van der Waals surface area contributed by atoms with Gasteiger partial charge in [0.15, 0.2) is 6.10 Å². The van der Waals surface area contributed by atoms with Crippen molar-refractivity contribution in [3.05, 3.63) is 85.1 Å². The first kappa shape index (κ1) is 55.2. The van der Waals surface area contributed by atoms with Crippen molar-refractivity contribution in [1.82, 2.24) is 0 Å². The van der Waals surface area contributed by atoms with E-state index in [1.165, 1.54) is 25.7 Å². The zero-order valence-corrected chi connectivity index (χ0v) is 38.1. The van der Waals surface area contributed by atoms with Crippen molar-refractivity contribution < 1.29 is 42.1 Å². The maximum Gasteiger partial charge on any atom is 0.306 e. The van der Waals surface area contributed by atoms with Crippen LogP contribution in [0.25, 0.3) is 0 Å². The van der Waals surface area contributed by atoms with Gasteiger partial charge in [-0.3, -0.25) is 14.2 Å². The molecule has 0 heterocycles. The van der Waals surface area contributed by atoms with E-state index < -0.39 is 32.5 Å². The third-order valence-electron chi connectivity index (χ3n) is 8.90. The lowest BCUT2D eigenvalue weighted by molar-refractivity contribution is -0.870. The molecule has 10 heteroatoms. The molecule has 332 valence electrons. The molecular weight excluding hydrogens is 750 g/mol. The zero-order chi connectivity index (χ0) is 42.8. The van der Waals surface area contributed by atoms with Crippen molar-refractivity contribution >= 4 is 19.8 Å². The maximum atomic E-state index is 12.7. The van der Waals surface area contributed by atoms with Gasteiger partial charge < -0.3 is 27.9 Å². The van der Waals surface area contributed by atoms with E-state index in [-0.39, 0.29) is 26.1 Å². The monoisotopic (exact) mass is 832 g/mol. The number of nitrogens with zero attached hydrogens (tertiary/aromatic N) is 1. The quantitative estimate of drug-likeness (QED) is 0.0198. The molecule has 0 aromatic heterocycles. The van der Waals surface area contributed by atoms with Gasteiger partial charge in [-0.2, -0.15) is 0 Å². The molecule has 0 radical (unpaired) electrons. The molecule has 0 saturated heterocycles. The minimum absolute atomic E-state index is 0.0440. The Morgan fingerprint density at radius 3 is 1.48 bits per heavy atom. The normalized spacial score (nSPS) is 14.4. The summed E-state index contributed by atoms with van der Waals surface area (Å²) in [5.41, 5.74) is 0. The second-order valence-corrected chi connectivity index (χ2v) is 17.1. The summed E-state index contributed by atoms with van der Waals surface area (Å²) in [5.74, 6) is -0.897. The fourth-order valence-corrected chi connectivity index (χ4v) is 6.14. The Labute approximate surface area is 354 Å². The summed E-state index contributed by atoms with van der Waals surface area (Å²) in [6.45, 7) is 4.01. The number of esters is 2. The number of carbonyl (C=O) groups excluding carboxylic acids is 2. The fourth-order valence-electron chi connectivity index (χ4n) is 5.41. The van der Waals surface area contributed by atoms with Gasteiger partial charge in [-0.25, -0.2) is 0 Å². The third kappa shape index (κ3) is 42.8. The Balaban J connectivity index is 4.45. The number of unbranched alkanes of at least 4 members (excludes halogenated alkanes) is 11. The van der Waals surface area contributed by atoms with Crippen LogP contribution in [-0.2, 0) is 32.7 Å². The largest absolute Gasteiger partial charge is 0.756 e. The highest BCUT2D eigenvalue weighted by Crippen LogP contribution is 2.38. The molecule has 0 fully saturated rings. The Kier molecular flexibility index (Phi) is 37.7. The Morgan fingerprint density at radius 1 is 0.552 bits per heavy atom. The minimum atomic E-state index is -4.64. The second-order valence-electron chi connectivity index (χ2n) is 15.7. The molecule has 0 rings (SSSR count). The van der Waals surface area contributed by atoms with Crippen molar-refractivity contribution in [2.45, 2.75) is 161 Å². The van der Waals surface area contributed by atoms with Crippen molar-refractivity contribution in [2.75, 3.05) is 47.5 Å². The number of hydrogen-bond donors (Lipinski definition) is 0. The van der Waals surface area contributed by atoms with E-state index in [1.807, 2.05) is 21.1 Å². The van der Waals surface area contributed by atoms with Crippen molar-refractivity contribution in [1.29, 1.82) is 0 Å². The van der Waals surface area contributed by atoms with Gasteiger partial charge in [0.05, 0.1) is 27.7 Å². The highest BCUT2D eigenvalue weighted by Gasteiger charge is 2.21. The van der Waals surface area contributed by atoms with Crippen LogP contribution in [0.4, 0.5) is 0 Å². The molecule has 0 saturated carbocycles. The van der Waals surface area contributed by atoms with Gasteiger partial charge in [-0.15, -0.1) is 0 Å². The molecule has 0 aliphatic carbocycles. The maximum absolute atomic E-state index is 12.7. The topological polar surface area (TPSA) is 111 Å². The first-order chi connectivity index (χ1) is 28.0. The van der Waals surface area contributed by atoms with Crippen LogP contribution in [0.5, 0.6) is 0 Å². The molecular formula is C48H82NO8P. The first-order valence-corrected chi connectivity index (χ1v) is 23.8. The molecule has 0 aliphatic heterocycles. The molecule has 0 amide bonds. The molecule has 0 aromatic rings. The summed E-state index contributed by atoms with van der Waals surface area (Å²) in [6.07, 6.45) is 50.3. The van der Waals surface area contributed by atoms with Crippen LogP contribution < -0.4 is 4.89 Å². The molecule has 0 N–H and O–H groups in total. The number of allylic oxidation sites excluding steroid dienone is 14. The smallest absolute Gasteiger partial charge is 0.306 e. The predicted octanol–water partition coefficient (Wildman–Crippen LogP) is 12.2. The highest BCUT2D eigenvalue weighted by atomic mass is 31.2. The number of ether oxygens (including phenoxy) is 2. The third-order valence-corrected chi connectivity index (χ3v) is 9.86. The number of phosphoric ester groups is 1. The fraction of sp³-hybridized carbons (Fsp3) is 0.667. The average Bonchev–Trinajstić information content (AvgIpc) is 3.17. The van der Waals surface area contributed by atoms with Crippen molar-refractivity contribution in [3.8, 4) is 0 Å². The molecule has 1 unspecified atom stereocenters. The number of hydrogen-bond acceptors (Lipinski definition) is 8. The van der Waals surface area contributed by atoms with Gasteiger partial charge in [-0.1, -0.05) is 137 Å². The van der Waals surface area contributed by atoms with E-state index in [2.05, 4.69) is 98.9 Å². The van der Waals surface area contributed by atoms with E-state index in [4.69, 9.17) is 18.5 Å². The minimum Gasteiger partial charge on any atom is -0.756 e. The molecule has 0 aliphatic rings. The Morgan fingerprint density at radius 2 is 0.983 bits per heavy atom. The number of quaternary nitrogens is 1. The van der Waals surface area contributed by atoms with Crippen LogP contribution in [0.2, 0.25) is 0 Å². The van der Waals surface area contributed by atoms with Crippen LogP contribution in [0.1, 0.15) is 155 Å². The van der Waals surface area contributed by atoms with Gasteiger partial charge in [0, 0.05) is 12.8 Å². The predicted molar refractivity (Wildman–Crippen MR) is 240 cm³/mol. The molecule has 0 aromatic carbocycles. The summed E-state index contributed by atoms with van der Waals surface area (Å²) < 4.78 is 33.9. The van der Waals surface area contributed by atoms with Gasteiger partial charge in [0.1, 0.15) is 19.8 Å². The molecule has 9 nitrogen and oxygen atoms in total. The van der Waals surface area contributed by atoms with Gasteiger partial charge >= 0.3 is 11.9 Å². The molecule has 0 spiro atoms. The summed E-state index contributed by atoms with van der Waals surface area (Å²) in [4.78, 5) is 37.5. The van der Waals surface area contributed by atoms with E-state index in [1.54, 1.807) is 0 Å². The zero-order valence-electron chi connectivity index (χ0n) is 37.2. The Hall–Kier alpha value is -2.81. The second kappa shape index (κ2) is 39.6. The van der Waals surface area contributed by atoms with Crippen LogP contribution in [0, 0.1) is 0 Å². The SMILES string of the molecule is CC/C=C\C/C=C\C/C=C\C/C=C\C/C=C\CCCCCC(=O)OC[C@H](COP(=O)([O-])OCC[N+](C)(C)C)OC(=O)CCCCCCC/C=C\C/C=C\CCCCC. The number of carbonyl (C=O) groups is 2. The summed E-state index contributed by atoms with van der Waals surface area (Å²) >= 11 is 0.